The monoisotopic (exact) mass is 372 g/mol. The summed E-state index contributed by atoms with van der Waals surface area (Å²) in [5, 5.41) is 11.6. The summed E-state index contributed by atoms with van der Waals surface area (Å²) in [6.07, 6.45) is 1.04. The van der Waals surface area contributed by atoms with Gasteiger partial charge < -0.3 is 15.2 Å². The Labute approximate surface area is 155 Å². The third-order valence-electron chi connectivity index (χ3n) is 5.57. The van der Waals surface area contributed by atoms with E-state index in [1.54, 1.807) is 24.3 Å². The fraction of sp³-hybridized carbons (Fsp3) is 0.474. The highest BCUT2D eigenvalue weighted by atomic mass is 16.5. The molecule has 0 aliphatic carbocycles. The van der Waals surface area contributed by atoms with Crippen molar-refractivity contribution >= 4 is 29.4 Å². The number of carboxylic acid groups (broad SMARTS) is 1. The number of nitrogens with zero attached hydrogens (tertiary/aromatic N) is 1. The molecule has 3 fully saturated rings. The van der Waals surface area contributed by atoms with Crippen molar-refractivity contribution < 1.29 is 29.0 Å². The molecule has 8 heteroatoms. The standard InChI is InChI=1S/C19H20N2O6/c22-14(20-11-4-2-1-3-10(11)9-15(23)24)7-8-21-18(25)16-12-5-6-13(27-12)17(16)19(21)26/h1-4,12-13,16-17H,5-9H2,(H,20,22)(H,23,24). The summed E-state index contributed by atoms with van der Waals surface area (Å²) in [5.74, 6) is -2.63. The maximum absolute atomic E-state index is 12.6. The molecule has 4 unspecified atom stereocenters. The van der Waals surface area contributed by atoms with Crippen molar-refractivity contribution in [2.24, 2.45) is 11.8 Å². The first-order chi connectivity index (χ1) is 13.0. The quantitative estimate of drug-likeness (QED) is 0.715. The highest BCUT2D eigenvalue weighted by Gasteiger charge is 2.62. The molecule has 0 spiro atoms. The van der Waals surface area contributed by atoms with Gasteiger partial charge in [-0.15, -0.1) is 0 Å². The average molecular weight is 372 g/mol. The van der Waals surface area contributed by atoms with E-state index in [0.717, 1.165) is 12.8 Å². The van der Waals surface area contributed by atoms with Crippen LogP contribution in [-0.4, -0.2) is 52.4 Å². The maximum Gasteiger partial charge on any atom is 0.307 e. The zero-order valence-corrected chi connectivity index (χ0v) is 14.6. The number of carbonyl (C=O) groups is 4. The van der Waals surface area contributed by atoms with Gasteiger partial charge in [-0.05, 0) is 24.5 Å². The minimum atomic E-state index is -0.992. The predicted octanol–water partition coefficient (Wildman–Crippen LogP) is 0.805. The average Bonchev–Trinajstić information content (AvgIpc) is 3.29. The summed E-state index contributed by atoms with van der Waals surface area (Å²) in [6.45, 7) is 0.0248. The Morgan fingerprint density at radius 3 is 2.37 bits per heavy atom. The van der Waals surface area contributed by atoms with Gasteiger partial charge in [0.15, 0.2) is 0 Å². The first-order valence-electron chi connectivity index (χ1n) is 9.06. The van der Waals surface area contributed by atoms with E-state index in [2.05, 4.69) is 5.32 Å². The van der Waals surface area contributed by atoms with Crippen LogP contribution in [0.4, 0.5) is 5.69 Å². The highest BCUT2D eigenvalue weighted by molar-refractivity contribution is 6.06. The number of amides is 3. The van der Waals surface area contributed by atoms with Gasteiger partial charge in [-0.25, -0.2) is 0 Å². The summed E-state index contributed by atoms with van der Waals surface area (Å²) < 4.78 is 5.68. The zero-order chi connectivity index (χ0) is 19.1. The Balaban J connectivity index is 1.37. The largest absolute Gasteiger partial charge is 0.481 e. The molecule has 1 aromatic carbocycles. The molecule has 8 nitrogen and oxygen atoms in total. The van der Waals surface area contributed by atoms with Crippen molar-refractivity contribution in [2.75, 3.05) is 11.9 Å². The molecule has 0 saturated carbocycles. The van der Waals surface area contributed by atoms with Crippen molar-refractivity contribution in [3.63, 3.8) is 0 Å². The van der Waals surface area contributed by atoms with Gasteiger partial charge in [-0.3, -0.25) is 24.1 Å². The maximum atomic E-state index is 12.6. The first kappa shape index (κ1) is 17.7. The van der Waals surface area contributed by atoms with Gasteiger partial charge in [0.25, 0.3) is 0 Å². The molecule has 1 aromatic rings. The van der Waals surface area contributed by atoms with Crippen molar-refractivity contribution in [3.05, 3.63) is 29.8 Å². The number of nitrogens with one attached hydrogen (secondary N) is 1. The van der Waals surface area contributed by atoms with Crippen LogP contribution in [0.1, 0.15) is 24.8 Å². The number of hydrogen-bond donors (Lipinski definition) is 2. The van der Waals surface area contributed by atoms with Gasteiger partial charge in [0.05, 0.1) is 30.5 Å². The molecule has 3 heterocycles. The third-order valence-corrected chi connectivity index (χ3v) is 5.57. The minimum absolute atomic E-state index is 0.0248. The lowest BCUT2D eigenvalue weighted by Crippen LogP contribution is -2.36. The number of carboxylic acids is 1. The first-order valence-corrected chi connectivity index (χ1v) is 9.06. The number of carbonyl (C=O) groups excluding carboxylic acids is 3. The van der Waals surface area contributed by atoms with Crippen molar-refractivity contribution in [3.8, 4) is 0 Å². The molecule has 3 amide bonds. The summed E-state index contributed by atoms with van der Waals surface area (Å²) in [5.41, 5.74) is 0.919. The fourth-order valence-electron chi connectivity index (χ4n) is 4.38. The Kier molecular flexibility index (Phi) is 4.43. The van der Waals surface area contributed by atoms with E-state index in [0.29, 0.717) is 11.3 Å². The Morgan fingerprint density at radius 1 is 1.11 bits per heavy atom. The normalized spacial score (nSPS) is 28.5. The minimum Gasteiger partial charge on any atom is -0.481 e. The van der Waals surface area contributed by atoms with Crippen LogP contribution >= 0.6 is 0 Å². The lowest BCUT2D eigenvalue weighted by Gasteiger charge is -2.17. The highest BCUT2D eigenvalue weighted by Crippen LogP contribution is 2.48. The van der Waals surface area contributed by atoms with Gasteiger partial charge in [-0.2, -0.15) is 0 Å². The van der Waals surface area contributed by atoms with Crippen LogP contribution < -0.4 is 5.32 Å². The number of likely N-dealkylation sites (tertiary alicyclic amines) is 1. The molecule has 0 radical (unpaired) electrons. The molecular formula is C19H20N2O6. The number of anilines is 1. The summed E-state index contributed by atoms with van der Waals surface area (Å²) >= 11 is 0. The van der Waals surface area contributed by atoms with Crippen LogP contribution in [0, 0.1) is 11.8 Å². The lowest BCUT2D eigenvalue weighted by molar-refractivity contribution is -0.143. The molecule has 2 bridgehead atoms. The van der Waals surface area contributed by atoms with Crippen LogP contribution in [0.5, 0.6) is 0 Å². The molecule has 4 atom stereocenters. The number of rotatable bonds is 6. The van der Waals surface area contributed by atoms with E-state index in [1.165, 1.54) is 4.90 Å². The molecular weight excluding hydrogens is 352 g/mol. The molecule has 142 valence electrons. The number of benzene rings is 1. The second-order valence-corrected chi connectivity index (χ2v) is 7.20. The topological polar surface area (TPSA) is 113 Å². The third kappa shape index (κ3) is 3.10. The van der Waals surface area contributed by atoms with Crippen molar-refractivity contribution in [2.45, 2.75) is 37.9 Å². The van der Waals surface area contributed by atoms with Gasteiger partial charge in [0, 0.05) is 18.7 Å². The second kappa shape index (κ2) is 6.77. The molecule has 3 aliphatic rings. The SMILES string of the molecule is O=C(O)Cc1ccccc1NC(=O)CCN1C(=O)C2C3CCC(O3)C2C1=O. The summed E-state index contributed by atoms with van der Waals surface area (Å²) in [7, 11) is 0. The fourth-order valence-corrected chi connectivity index (χ4v) is 4.38. The smallest absolute Gasteiger partial charge is 0.307 e. The molecule has 3 aliphatic heterocycles. The van der Waals surface area contributed by atoms with E-state index in [-0.39, 0.29) is 49.3 Å². The zero-order valence-electron chi connectivity index (χ0n) is 14.6. The number of imide groups is 1. The van der Waals surface area contributed by atoms with Crippen LogP contribution in [-0.2, 0) is 30.3 Å². The van der Waals surface area contributed by atoms with Crippen LogP contribution in [0.2, 0.25) is 0 Å². The van der Waals surface area contributed by atoms with E-state index in [4.69, 9.17) is 9.84 Å². The molecule has 3 saturated heterocycles. The number of ether oxygens (including phenoxy) is 1. The van der Waals surface area contributed by atoms with Gasteiger partial charge >= 0.3 is 5.97 Å². The Bertz CT molecular complexity index is 794. The summed E-state index contributed by atoms with van der Waals surface area (Å²) in [4.78, 5) is 49.5. The van der Waals surface area contributed by atoms with Crippen molar-refractivity contribution in [1.29, 1.82) is 0 Å². The van der Waals surface area contributed by atoms with Crippen LogP contribution in [0.3, 0.4) is 0 Å². The Hall–Kier alpha value is -2.74. The van der Waals surface area contributed by atoms with Crippen molar-refractivity contribution in [1.82, 2.24) is 4.90 Å². The molecule has 2 N–H and O–H groups in total. The van der Waals surface area contributed by atoms with Gasteiger partial charge in [0.1, 0.15) is 0 Å². The lowest BCUT2D eigenvalue weighted by atomic mass is 9.81. The van der Waals surface area contributed by atoms with Gasteiger partial charge in [-0.1, -0.05) is 18.2 Å². The molecule has 4 rings (SSSR count). The molecule has 27 heavy (non-hydrogen) atoms. The number of fused-ring (bicyclic) bond motifs is 5. The molecule has 0 aromatic heterocycles. The van der Waals surface area contributed by atoms with Crippen LogP contribution in [0.25, 0.3) is 0 Å². The second-order valence-electron chi connectivity index (χ2n) is 7.20. The van der Waals surface area contributed by atoms with Crippen LogP contribution in [0.15, 0.2) is 24.3 Å². The number of hydrogen-bond acceptors (Lipinski definition) is 5. The number of para-hydroxylation sites is 1. The van der Waals surface area contributed by atoms with Gasteiger partial charge in [0.2, 0.25) is 17.7 Å². The van der Waals surface area contributed by atoms with E-state index >= 15 is 0 Å². The summed E-state index contributed by atoms with van der Waals surface area (Å²) in [6, 6.07) is 6.66. The van der Waals surface area contributed by atoms with E-state index in [1.807, 2.05) is 0 Å². The number of aliphatic carboxylic acids is 1. The Morgan fingerprint density at radius 2 is 1.74 bits per heavy atom. The van der Waals surface area contributed by atoms with E-state index in [9.17, 15) is 19.2 Å². The predicted molar refractivity (Wildman–Crippen MR) is 92.6 cm³/mol. The van der Waals surface area contributed by atoms with E-state index < -0.39 is 17.8 Å².